The molecule has 1 rings (SSSR count). The number of methoxy groups -OCH3 is 1. The molecule has 0 aromatic heterocycles. The average Bonchev–Trinajstić information content (AvgIpc) is 2.31. The number of aromatic hydroxyl groups is 1. The molecule has 1 aromatic rings. The fraction of sp³-hybridized carbons (Fsp3) is 0.300. The van der Waals surface area contributed by atoms with Gasteiger partial charge < -0.3 is 15.2 Å². The van der Waals surface area contributed by atoms with Gasteiger partial charge in [0.2, 0.25) is 5.75 Å². The van der Waals surface area contributed by atoms with Crippen molar-refractivity contribution in [3.05, 3.63) is 27.8 Å². The third-order valence-corrected chi connectivity index (χ3v) is 2.24. The second kappa shape index (κ2) is 5.14. The molecule has 90 valence electrons. The summed E-state index contributed by atoms with van der Waals surface area (Å²) in [6.07, 6.45) is 0. The molecule has 2 N–H and O–H groups in total. The highest BCUT2D eigenvalue weighted by Crippen LogP contribution is 2.38. The molecule has 1 atom stereocenters. The van der Waals surface area contributed by atoms with Gasteiger partial charge in [-0.2, -0.15) is 5.26 Å². The van der Waals surface area contributed by atoms with Crippen LogP contribution in [0.15, 0.2) is 12.1 Å². The van der Waals surface area contributed by atoms with Gasteiger partial charge in [0.15, 0.2) is 5.75 Å². The molecule has 1 aromatic carbocycles. The highest BCUT2D eigenvalue weighted by molar-refractivity contribution is 5.58. The zero-order chi connectivity index (χ0) is 13.0. The van der Waals surface area contributed by atoms with Crippen LogP contribution in [0.1, 0.15) is 11.6 Å². The highest BCUT2D eigenvalue weighted by atomic mass is 16.6. The van der Waals surface area contributed by atoms with Gasteiger partial charge >= 0.3 is 5.69 Å². The maximum Gasteiger partial charge on any atom is 0.315 e. The van der Waals surface area contributed by atoms with E-state index in [9.17, 15) is 15.2 Å². The number of phenolic OH excluding ortho intramolecular Hbond substituents is 1. The summed E-state index contributed by atoms with van der Waals surface area (Å²) in [5.41, 5.74) is -0.133. The number of benzene rings is 1. The number of hydrogen-bond donors (Lipinski definition) is 2. The lowest BCUT2D eigenvalue weighted by atomic mass is 10.1. The van der Waals surface area contributed by atoms with Crippen LogP contribution in [0, 0.1) is 21.4 Å². The van der Waals surface area contributed by atoms with Gasteiger partial charge in [0.25, 0.3) is 0 Å². The molecule has 0 radical (unpaired) electrons. The van der Waals surface area contributed by atoms with E-state index in [1.807, 2.05) is 6.07 Å². The Morgan fingerprint density at radius 2 is 2.29 bits per heavy atom. The van der Waals surface area contributed by atoms with Crippen LogP contribution in [0.25, 0.3) is 0 Å². The van der Waals surface area contributed by atoms with Gasteiger partial charge in [-0.15, -0.1) is 0 Å². The number of nitro benzene ring substituents is 1. The first kappa shape index (κ1) is 12.7. The molecule has 0 aliphatic carbocycles. The number of nitro groups is 1. The van der Waals surface area contributed by atoms with Crippen molar-refractivity contribution in [2.45, 2.75) is 6.04 Å². The van der Waals surface area contributed by atoms with Crippen LogP contribution in [0.5, 0.6) is 11.5 Å². The van der Waals surface area contributed by atoms with Crippen molar-refractivity contribution in [1.29, 1.82) is 5.26 Å². The maximum atomic E-state index is 10.7. The summed E-state index contributed by atoms with van der Waals surface area (Å²) in [5.74, 6) is -0.584. The highest BCUT2D eigenvalue weighted by Gasteiger charge is 2.22. The van der Waals surface area contributed by atoms with Crippen molar-refractivity contribution in [3.8, 4) is 17.6 Å². The standard InChI is InChI=1S/C10H11N3O4/c1-12-7(5-11)6-3-8(13(15)16)10(14)9(4-6)17-2/h3-4,7,12,14H,1-2H3. The third-order valence-electron chi connectivity index (χ3n) is 2.24. The number of nitriles is 1. The van der Waals surface area contributed by atoms with E-state index in [1.54, 1.807) is 7.05 Å². The summed E-state index contributed by atoms with van der Waals surface area (Å²) in [4.78, 5) is 10.00. The summed E-state index contributed by atoms with van der Waals surface area (Å²) in [5, 5.41) is 31.8. The quantitative estimate of drug-likeness (QED) is 0.599. The number of phenols is 1. The van der Waals surface area contributed by atoms with Crippen molar-refractivity contribution >= 4 is 5.69 Å². The van der Waals surface area contributed by atoms with Crippen LogP contribution >= 0.6 is 0 Å². The van der Waals surface area contributed by atoms with Gasteiger partial charge in [-0.3, -0.25) is 10.1 Å². The molecule has 7 heteroatoms. The third kappa shape index (κ3) is 2.43. The van der Waals surface area contributed by atoms with Crippen LogP contribution < -0.4 is 10.1 Å². The molecule has 0 heterocycles. The largest absolute Gasteiger partial charge is 0.500 e. The maximum absolute atomic E-state index is 10.7. The Morgan fingerprint density at radius 3 is 2.71 bits per heavy atom. The second-order valence-corrected chi connectivity index (χ2v) is 3.20. The minimum absolute atomic E-state index is 0.0373. The van der Waals surface area contributed by atoms with E-state index < -0.39 is 22.4 Å². The van der Waals surface area contributed by atoms with E-state index in [0.29, 0.717) is 5.56 Å². The molecule has 0 bridgehead atoms. The molecule has 0 saturated heterocycles. The number of nitrogens with zero attached hydrogens (tertiary/aromatic N) is 2. The summed E-state index contributed by atoms with van der Waals surface area (Å²) < 4.78 is 4.82. The molecule has 0 aliphatic rings. The first-order valence-corrected chi connectivity index (χ1v) is 4.67. The molecule has 0 spiro atoms. The van der Waals surface area contributed by atoms with Crippen LogP contribution in [-0.4, -0.2) is 24.2 Å². The van der Waals surface area contributed by atoms with Crippen molar-refractivity contribution < 1.29 is 14.8 Å². The molecule has 0 aliphatic heterocycles. The predicted octanol–water partition coefficient (Wildman–Crippen LogP) is 1.09. The second-order valence-electron chi connectivity index (χ2n) is 3.20. The van der Waals surface area contributed by atoms with Gasteiger partial charge in [0.1, 0.15) is 6.04 Å². The van der Waals surface area contributed by atoms with Crippen molar-refractivity contribution in [1.82, 2.24) is 5.32 Å². The Bertz CT molecular complexity index is 481. The molecular formula is C10H11N3O4. The van der Waals surface area contributed by atoms with Crippen LogP contribution in [-0.2, 0) is 0 Å². The molecular weight excluding hydrogens is 226 g/mol. The Labute approximate surface area is 97.4 Å². The van der Waals surface area contributed by atoms with Gasteiger partial charge in [-0.25, -0.2) is 0 Å². The van der Waals surface area contributed by atoms with Crippen molar-refractivity contribution in [3.63, 3.8) is 0 Å². The topological polar surface area (TPSA) is 108 Å². The van der Waals surface area contributed by atoms with Crippen LogP contribution in [0.4, 0.5) is 5.69 Å². The number of nitrogens with one attached hydrogen (secondary N) is 1. The molecule has 0 saturated carbocycles. The lowest BCUT2D eigenvalue weighted by Crippen LogP contribution is -2.14. The summed E-state index contributed by atoms with van der Waals surface area (Å²) in [6.45, 7) is 0. The minimum Gasteiger partial charge on any atom is -0.500 e. The van der Waals surface area contributed by atoms with Crippen molar-refractivity contribution in [2.75, 3.05) is 14.2 Å². The van der Waals surface area contributed by atoms with Gasteiger partial charge in [-0.1, -0.05) is 0 Å². The predicted molar refractivity (Wildman–Crippen MR) is 58.7 cm³/mol. The monoisotopic (exact) mass is 237 g/mol. The molecule has 0 amide bonds. The Hall–Kier alpha value is -2.33. The minimum atomic E-state index is -0.731. The first-order chi connectivity index (χ1) is 8.04. The Balaban J connectivity index is 3.40. The molecule has 17 heavy (non-hydrogen) atoms. The lowest BCUT2D eigenvalue weighted by Gasteiger charge is -2.11. The van der Waals surface area contributed by atoms with E-state index in [0.717, 1.165) is 6.07 Å². The summed E-state index contributed by atoms with van der Waals surface area (Å²) in [7, 11) is 2.84. The first-order valence-electron chi connectivity index (χ1n) is 4.67. The summed E-state index contributed by atoms with van der Waals surface area (Å²) in [6, 6.07) is 3.75. The van der Waals surface area contributed by atoms with Gasteiger partial charge in [0.05, 0.1) is 18.1 Å². The normalized spacial score (nSPS) is 11.6. The van der Waals surface area contributed by atoms with E-state index in [1.165, 1.54) is 13.2 Å². The average molecular weight is 237 g/mol. The summed E-state index contributed by atoms with van der Waals surface area (Å²) >= 11 is 0. The van der Waals surface area contributed by atoms with E-state index in [2.05, 4.69) is 5.32 Å². The number of hydrogen-bond acceptors (Lipinski definition) is 6. The Morgan fingerprint density at radius 1 is 1.65 bits per heavy atom. The lowest BCUT2D eigenvalue weighted by molar-refractivity contribution is -0.386. The SMILES string of the molecule is CNC(C#N)c1cc(OC)c(O)c([N+](=O)[O-])c1. The van der Waals surface area contributed by atoms with Crippen molar-refractivity contribution in [2.24, 2.45) is 0 Å². The van der Waals surface area contributed by atoms with Gasteiger partial charge in [-0.05, 0) is 18.7 Å². The fourth-order valence-corrected chi connectivity index (χ4v) is 1.38. The molecule has 7 nitrogen and oxygen atoms in total. The molecule has 0 fully saturated rings. The number of rotatable bonds is 4. The zero-order valence-electron chi connectivity index (χ0n) is 9.30. The smallest absolute Gasteiger partial charge is 0.315 e. The van der Waals surface area contributed by atoms with Crippen LogP contribution in [0.2, 0.25) is 0 Å². The van der Waals surface area contributed by atoms with Gasteiger partial charge in [0, 0.05) is 6.07 Å². The van der Waals surface area contributed by atoms with Crippen LogP contribution in [0.3, 0.4) is 0 Å². The zero-order valence-corrected chi connectivity index (χ0v) is 9.30. The van der Waals surface area contributed by atoms with E-state index in [-0.39, 0.29) is 5.75 Å². The molecule has 1 unspecified atom stereocenters. The van der Waals surface area contributed by atoms with E-state index in [4.69, 9.17) is 10.00 Å². The van der Waals surface area contributed by atoms with E-state index >= 15 is 0 Å². The Kier molecular flexibility index (Phi) is 3.85. The number of ether oxygens (including phenoxy) is 1. The fourth-order valence-electron chi connectivity index (χ4n) is 1.38.